The van der Waals surface area contributed by atoms with Gasteiger partial charge in [-0.15, -0.1) is 12.4 Å². The van der Waals surface area contributed by atoms with Crippen LogP contribution in [0.4, 0.5) is 0 Å². The number of ether oxygens (including phenoxy) is 1. The molecular formula is C23H27ClN4O2. The van der Waals surface area contributed by atoms with E-state index in [1.807, 2.05) is 0 Å². The lowest BCUT2D eigenvalue weighted by molar-refractivity contribution is 0.0342. The Balaban J connectivity index is 0.00000218. The highest BCUT2D eigenvalue weighted by Crippen LogP contribution is 2.25. The van der Waals surface area contributed by atoms with Crippen LogP contribution in [0.3, 0.4) is 0 Å². The van der Waals surface area contributed by atoms with Gasteiger partial charge in [0.05, 0.1) is 13.2 Å². The Kier molecular flexibility index (Phi) is 6.79. The van der Waals surface area contributed by atoms with Gasteiger partial charge in [0.15, 0.2) is 0 Å². The van der Waals surface area contributed by atoms with Gasteiger partial charge in [0.25, 0.3) is 5.89 Å². The van der Waals surface area contributed by atoms with Crippen LogP contribution in [0.2, 0.25) is 0 Å². The summed E-state index contributed by atoms with van der Waals surface area (Å²) in [4.78, 5) is 7.06. The van der Waals surface area contributed by atoms with Gasteiger partial charge in [0.1, 0.15) is 0 Å². The predicted octanol–water partition coefficient (Wildman–Crippen LogP) is 3.35. The molecule has 0 spiro atoms. The molecule has 0 aliphatic carbocycles. The monoisotopic (exact) mass is 426 g/mol. The number of hydrogen-bond acceptors (Lipinski definition) is 6. The average Bonchev–Trinajstić information content (AvgIpc) is 3.14. The van der Waals surface area contributed by atoms with Gasteiger partial charge in [-0.25, -0.2) is 0 Å². The summed E-state index contributed by atoms with van der Waals surface area (Å²) in [6.45, 7) is 6.64. The SMILES string of the molecule is Cl.c1cc(-c2noc(-c3ccc4c(c3)CCNCC4)n2)ccc1CN1CCOCC1. The Hall–Kier alpha value is -2.25. The van der Waals surface area contributed by atoms with Crippen molar-refractivity contribution in [3.8, 4) is 22.8 Å². The van der Waals surface area contributed by atoms with Crippen molar-refractivity contribution in [1.29, 1.82) is 0 Å². The van der Waals surface area contributed by atoms with E-state index in [2.05, 4.69) is 62.8 Å². The fraction of sp³-hybridized carbons (Fsp3) is 0.391. The van der Waals surface area contributed by atoms with Crippen LogP contribution in [0.1, 0.15) is 16.7 Å². The van der Waals surface area contributed by atoms with E-state index in [1.54, 1.807) is 0 Å². The molecule has 5 rings (SSSR count). The second-order valence-corrected chi connectivity index (χ2v) is 7.74. The molecule has 7 heteroatoms. The van der Waals surface area contributed by atoms with Crippen LogP contribution < -0.4 is 5.32 Å². The van der Waals surface area contributed by atoms with E-state index in [9.17, 15) is 0 Å². The van der Waals surface area contributed by atoms with E-state index in [4.69, 9.17) is 9.26 Å². The fourth-order valence-electron chi connectivity index (χ4n) is 4.04. The van der Waals surface area contributed by atoms with E-state index in [0.29, 0.717) is 11.7 Å². The first-order valence-corrected chi connectivity index (χ1v) is 10.4. The zero-order chi connectivity index (χ0) is 19.5. The first-order chi connectivity index (χ1) is 14.3. The van der Waals surface area contributed by atoms with Gasteiger partial charge in [-0.3, -0.25) is 4.90 Å². The van der Waals surface area contributed by atoms with Gasteiger partial charge in [-0.2, -0.15) is 4.98 Å². The molecule has 1 saturated heterocycles. The van der Waals surface area contributed by atoms with Crippen molar-refractivity contribution in [1.82, 2.24) is 20.4 Å². The van der Waals surface area contributed by atoms with Crippen molar-refractivity contribution in [2.75, 3.05) is 39.4 Å². The van der Waals surface area contributed by atoms with Crippen LogP contribution in [-0.2, 0) is 24.1 Å². The molecule has 1 aromatic heterocycles. The first kappa shape index (κ1) is 21.0. The number of benzene rings is 2. The molecule has 6 nitrogen and oxygen atoms in total. The van der Waals surface area contributed by atoms with E-state index in [1.165, 1.54) is 16.7 Å². The minimum absolute atomic E-state index is 0. The van der Waals surface area contributed by atoms with E-state index < -0.39 is 0 Å². The summed E-state index contributed by atoms with van der Waals surface area (Å²) in [6, 6.07) is 14.9. The van der Waals surface area contributed by atoms with Crippen LogP contribution >= 0.6 is 12.4 Å². The zero-order valence-electron chi connectivity index (χ0n) is 17.0. The van der Waals surface area contributed by atoms with Crippen molar-refractivity contribution in [3.63, 3.8) is 0 Å². The summed E-state index contributed by atoms with van der Waals surface area (Å²) in [5, 5.41) is 7.66. The summed E-state index contributed by atoms with van der Waals surface area (Å²) in [5.74, 6) is 1.21. The predicted molar refractivity (Wildman–Crippen MR) is 119 cm³/mol. The Morgan fingerprint density at radius 3 is 2.43 bits per heavy atom. The Morgan fingerprint density at radius 2 is 1.63 bits per heavy atom. The van der Waals surface area contributed by atoms with E-state index >= 15 is 0 Å². The number of halogens is 1. The van der Waals surface area contributed by atoms with Crippen LogP contribution in [0.25, 0.3) is 22.8 Å². The van der Waals surface area contributed by atoms with Gasteiger partial charge in [-0.1, -0.05) is 35.5 Å². The molecule has 2 aromatic carbocycles. The second kappa shape index (κ2) is 9.71. The molecule has 0 amide bonds. The van der Waals surface area contributed by atoms with Crippen molar-refractivity contribution in [2.24, 2.45) is 0 Å². The van der Waals surface area contributed by atoms with E-state index in [0.717, 1.165) is 69.9 Å². The molecule has 3 heterocycles. The van der Waals surface area contributed by atoms with Gasteiger partial charge >= 0.3 is 0 Å². The standard InChI is InChI=1S/C23H26N4O2.ClH/c1-3-19(4-2-17(1)16-27-11-13-28-14-12-27)22-25-23(29-26-22)21-6-5-18-7-9-24-10-8-20(18)15-21;/h1-6,15,24H,7-14,16H2;1H. The van der Waals surface area contributed by atoms with Crippen molar-refractivity contribution < 1.29 is 9.26 Å². The molecule has 3 aromatic rings. The summed E-state index contributed by atoms with van der Waals surface area (Å²) in [6.07, 6.45) is 2.11. The van der Waals surface area contributed by atoms with Crippen LogP contribution in [-0.4, -0.2) is 54.4 Å². The number of aromatic nitrogens is 2. The Bertz CT molecular complexity index is 968. The molecule has 1 fully saturated rings. The Morgan fingerprint density at radius 1 is 0.900 bits per heavy atom. The molecule has 0 radical (unpaired) electrons. The lowest BCUT2D eigenvalue weighted by Crippen LogP contribution is -2.35. The highest BCUT2D eigenvalue weighted by Gasteiger charge is 2.15. The molecular weight excluding hydrogens is 400 g/mol. The fourth-order valence-corrected chi connectivity index (χ4v) is 4.04. The Labute approximate surface area is 183 Å². The minimum atomic E-state index is 0. The van der Waals surface area contributed by atoms with Gasteiger partial charge in [0, 0.05) is 30.8 Å². The molecule has 0 unspecified atom stereocenters. The third-order valence-electron chi connectivity index (χ3n) is 5.74. The third kappa shape index (κ3) is 4.73. The summed E-state index contributed by atoms with van der Waals surface area (Å²) in [7, 11) is 0. The number of nitrogens with one attached hydrogen (secondary N) is 1. The first-order valence-electron chi connectivity index (χ1n) is 10.4. The number of nitrogens with zero attached hydrogens (tertiary/aromatic N) is 3. The molecule has 2 aliphatic heterocycles. The molecule has 0 atom stereocenters. The largest absolute Gasteiger partial charge is 0.379 e. The molecule has 158 valence electrons. The van der Waals surface area contributed by atoms with Crippen LogP contribution in [0.5, 0.6) is 0 Å². The van der Waals surface area contributed by atoms with Crippen molar-refractivity contribution >= 4 is 12.4 Å². The number of fused-ring (bicyclic) bond motifs is 1. The lowest BCUT2D eigenvalue weighted by atomic mass is 10.00. The normalized spacial score (nSPS) is 17.1. The van der Waals surface area contributed by atoms with Gasteiger partial charge < -0.3 is 14.6 Å². The average molecular weight is 427 g/mol. The topological polar surface area (TPSA) is 63.4 Å². The highest BCUT2D eigenvalue weighted by molar-refractivity contribution is 5.85. The van der Waals surface area contributed by atoms with Crippen LogP contribution in [0, 0.1) is 0 Å². The minimum Gasteiger partial charge on any atom is -0.379 e. The number of morpholine rings is 1. The summed E-state index contributed by atoms with van der Waals surface area (Å²) in [5.41, 5.74) is 6.05. The highest BCUT2D eigenvalue weighted by atomic mass is 35.5. The molecule has 1 N–H and O–H groups in total. The maximum absolute atomic E-state index is 5.58. The smallest absolute Gasteiger partial charge is 0.258 e. The molecule has 0 bridgehead atoms. The van der Waals surface area contributed by atoms with Crippen molar-refractivity contribution in [2.45, 2.75) is 19.4 Å². The number of hydrogen-bond donors (Lipinski definition) is 1. The van der Waals surface area contributed by atoms with Gasteiger partial charge in [-0.05, 0) is 54.8 Å². The maximum Gasteiger partial charge on any atom is 0.258 e. The molecule has 0 saturated carbocycles. The molecule has 2 aliphatic rings. The van der Waals surface area contributed by atoms with Crippen LogP contribution in [0.15, 0.2) is 47.0 Å². The quantitative estimate of drug-likeness (QED) is 0.690. The number of rotatable bonds is 4. The lowest BCUT2D eigenvalue weighted by Gasteiger charge is -2.26. The molecule has 30 heavy (non-hydrogen) atoms. The summed E-state index contributed by atoms with van der Waals surface area (Å²) >= 11 is 0. The van der Waals surface area contributed by atoms with Gasteiger partial charge in [0.2, 0.25) is 5.82 Å². The second-order valence-electron chi connectivity index (χ2n) is 7.74. The summed E-state index contributed by atoms with van der Waals surface area (Å²) < 4.78 is 11.0. The van der Waals surface area contributed by atoms with Crippen molar-refractivity contribution in [3.05, 3.63) is 59.2 Å². The zero-order valence-corrected chi connectivity index (χ0v) is 17.8. The third-order valence-corrected chi connectivity index (χ3v) is 5.74. The van der Waals surface area contributed by atoms with E-state index in [-0.39, 0.29) is 12.4 Å². The maximum atomic E-state index is 5.58.